The van der Waals surface area contributed by atoms with Crippen molar-refractivity contribution in [3.05, 3.63) is 70.5 Å². The van der Waals surface area contributed by atoms with Crippen molar-refractivity contribution in [3.63, 3.8) is 0 Å². The molecule has 0 amide bonds. The van der Waals surface area contributed by atoms with Crippen LogP contribution in [-0.2, 0) is 22.1 Å². The lowest BCUT2D eigenvalue weighted by Crippen LogP contribution is -2.50. The van der Waals surface area contributed by atoms with Crippen LogP contribution >= 0.6 is 0 Å². The number of allylic oxidation sites excluding steroid dienone is 1. The van der Waals surface area contributed by atoms with Crippen molar-refractivity contribution in [2.75, 3.05) is 32.8 Å². The van der Waals surface area contributed by atoms with Crippen LogP contribution in [0.4, 0.5) is 4.39 Å². The lowest BCUT2D eigenvalue weighted by Gasteiger charge is -2.38. The van der Waals surface area contributed by atoms with Crippen LogP contribution in [0, 0.1) is 17.7 Å². The maximum Gasteiger partial charge on any atom is 0.309 e. The number of ether oxygens (including phenoxy) is 1. The lowest BCUT2D eigenvalue weighted by atomic mass is 9.85. The highest BCUT2D eigenvalue weighted by Gasteiger charge is 2.37. The molecule has 1 heterocycles. The molecular weight excluding hydrogens is 509 g/mol. The van der Waals surface area contributed by atoms with E-state index >= 15 is 0 Å². The van der Waals surface area contributed by atoms with E-state index in [1.807, 2.05) is 12.1 Å². The molecule has 0 spiro atoms. The quantitative estimate of drug-likeness (QED) is 0.310. The average Bonchev–Trinajstić information content (AvgIpc) is 2.84. The summed E-state index contributed by atoms with van der Waals surface area (Å²) in [6.45, 7) is 16.7. The van der Waals surface area contributed by atoms with Crippen molar-refractivity contribution in [2.45, 2.75) is 65.1 Å². The molecule has 1 unspecified atom stereocenters. The van der Waals surface area contributed by atoms with Crippen LogP contribution in [-0.4, -0.2) is 57.1 Å². The largest absolute Gasteiger partial charge is 0.493 e. The third kappa shape index (κ3) is 7.38. The molecule has 0 aromatic heterocycles. The minimum Gasteiger partial charge on any atom is -0.493 e. The summed E-state index contributed by atoms with van der Waals surface area (Å²) in [5.74, 6) is -0.112. The van der Waals surface area contributed by atoms with Crippen LogP contribution in [0.15, 0.2) is 48.0 Å². The summed E-state index contributed by atoms with van der Waals surface area (Å²) in [6.07, 6.45) is 2.72. The second-order valence-electron chi connectivity index (χ2n) is 12.9. The lowest BCUT2D eigenvalue weighted by molar-refractivity contribution is -0.147. The van der Waals surface area contributed by atoms with E-state index in [1.54, 1.807) is 0 Å². The Morgan fingerprint density at radius 2 is 1.79 bits per heavy atom. The van der Waals surface area contributed by atoms with E-state index in [4.69, 9.17) is 14.3 Å². The number of nitrogens with zero attached hydrogens (tertiary/aromatic N) is 1. The number of carboxylic acids is 1. The first-order valence-electron chi connectivity index (χ1n) is 14.1. The standard InChI is InChI=1S/C32H44FNO4Si/c1-22-26(17-34-18-27(19-34)31(35)36)10-9-25-16-29(13-14-30(22)25)37-20-24(15-23-7-11-28(33)12-8-23)21-38-39(5,6)32(2,3)4/h7-8,11-14,16,24,27H,9-10,15,17-21H2,1-6H3,(H,35,36). The van der Waals surface area contributed by atoms with E-state index < -0.39 is 14.3 Å². The van der Waals surface area contributed by atoms with Crippen LogP contribution in [0.1, 0.15) is 50.8 Å². The van der Waals surface area contributed by atoms with Gasteiger partial charge in [0.05, 0.1) is 12.5 Å². The van der Waals surface area contributed by atoms with E-state index in [0.717, 1.165) is 37.1 Å². The molecule has 1 atom stereocenters. The fourth-order valence-corrected chi connectivity index (χ4v) is 6.18. The second kappa shape index (κ2) is 11.9. The maximum atomic E-state index is 13.5. The molecule has 1 fully saturated rings. The molecule has 1 aliphatic carbocycles. The van der Waals surface area contributed by atoms with Gasteiger partial charge in [-0.05, 0) is 90.8 Å². The highest BCUT2D eigenvalue weighted by molar-refractivity contribution is 6.74. The molecule has 5 nitrogen and oxygen atoms in total. The zero-order valence-electron chi connectivity index (χ0n) is 24.4. The zero-order valence-corrected chi connectivity index (χ0v) is 25.4. The summed E-state index contributed by atoms with van der Waals surface area (Å²) in [6, 6.07) is 13.1. The molecule has 0 saturated carbocycles. The van der Waals surface area contributed by atoms with E-state index in [-0.39, 0.29) is 22.7 Å². The van der Waals surface area contributed by atoms with Gasteiger partial charge in [0.15, 0.2) is 8.32 Å². The number of carboxylic acid groups (broad SMARTS) is 1. The van der Waals surface area contributed by atoms with Gasteiger partial charge in [0, 0.05) is 32.2 Å². The van der Waals surface area contributed by atoms with Gasteiger partial charge < -0.3 is 14.3 Å². The summed E-state index contributed by atoms with van der Waals surface area (Å²) < 4.78 is 26.4. The van der Waals surface area contributed by atoms with Crippen molar-refractivity contribution >= 4 is 19.9 Å². The predicted molar refractivity (Wildman–Crippen MR) is 157 cm³/mol. The van der Waals surface area contributed by atoms with Crippen molar-refractivity contribution < 1.29 is 23.5 Å². The van der Waals surface area contributed by atoms with E-state index in [9.17, 15) is 9.18 Å². The van der Waals surface area contributed by atoms with Gasteiger partial charge in [0.2, 0.25) is 0 Å². The predicted octanol–water partition coefficient (Wildman–Crippen LogP) is 6.82. The molecule has 7 heteroatoms. The number of carbonyl (C=O) groups is 1. The molecule has 0 radical (unpaired) electrons. The van der Waals surface area contributed by atoms with Crippen LogP contribution in [0.25, 0.3) is 5.57 Å². The number of hydrogen-bond donors (Lipinski definition) is 1. The molecule has 2 aliphatic rings. The SMILES string of the molecule is CC1=C(CN2CC(C(=O)O)C2)CCc2cc(OCC(CO[Si](C)(C)C(C)(C)C)Cc3ccc(F)cc3)ccc21. The van der Waals surface area contributed by atoms with E-state index in [2.05, 4.69) is 63.9 Å². The molecule has 39 heavy (non-hydrogen) atoms. The van der Waals surface area contributed by atoms with Crippen LogP contribution in [0.3, 0.4) is 0 Å². The van der Waals surface area contributed by atoms with Crippen LogP contribution < -0.4 is 4.74 Å². The van der Waals surface area contributed by atoms with E-state index in [0.29, 0.717) is 26.3 Å². The first-order chi connectivity index (χ1) is 18.3. The number of fused-ring (bicyclic) bond motifs is 1. The van der Waals surface area contributed by atoms with E-state index in [1.165, 1.54) is 34.4 Å². The van der Waals surface area contributed by atoms with Crippen molar-refractivity contribution in [1.82, 2.24) is 4.90 Å². The number of hydrogen-bond acceptors (Lipinski definition) is 4. The van der Waals surface area contributed by atoms with Gasteiger partial charge in [0.1, 0.15) is 11.6 Å². The Kier molecular flexibility index (Phi) is 9.04. The van der Waals surface area contributed by atoms with Gasteiger partial charge in [0.25, 0.3) is 0 Å². The molecule has 2 aromatic carbocycles. The highest BCUT2D eigenvalue weighted by atomic mass is 28.4. The van der Waals surface area contributed by atoms with Crippen molar-refractivity contribution in [2.24, 2.45) is 11.8 Å². The monoisotopic (exact) mass is 553 g/mol. The maximum absolute atomic E-state index is 13.5. The molecule has 1 saturated heterocycles. The fraction of sp³-hybridized carbons (Fsp3) is 0.531. The highest BCUT2D eigenvalue weighted by Crippen LogP contribution is 2.37. The number of rotatable bonds is 11. The Morgan fingerprint density at radius 1 is 1.10 bits per heavy atom. The number of benzene rings is 2. The molecule has 1 N–H and O–H groups in total. The summed E-state index contributed by atoms with van der Waals surface area (Å²) >= 11 is 0. The second-order valence-corrected chi connectivity index (χ2v) is 17.7. The molecular formula is C32H44FNO4Si. The minimum absolute atomic E-state index is 0.130. The topological polar surface area (TPSA) is 59.0 Å². The molecule has 0 bridgehead atoms. The first kappa shape index (κ1) is 29.5. The third-order valence-corrected chi connectivity index (χ3v) is 13.3. The van der Waals surface area contributed by atoms with Gasteiger partial charge in [-0.3, -0.25) is 9.69 Å². The molecule has 4 rings (SSSR count). The summed E-state index contributed by atoms with van der Waals surface area (Å²) in [5.41, 5.74) is 6.36. The Hall–Kier alpha value is -2.48. The Bertz CT molecular complexity index is 1200. The Morgan fingerprint density at radius 3 is 2.44 bits per heavy atom. The first-order valence-corrected chi connectivity index (χ1v) is 17.0. The van der Waals surface area contributed by atoms with Gasteiger partial charge in [-0.25, -0.2) is 4.39 Å². The van der Waals surface area contributed by atoms with Crippen LogP contribution in [0.5, 0.6) is 5.75 Å². The normalized spacial score (nSPS) is 17.5. The smallest absolute Gasteiger partial charge is 0.309 e. The van der Waals surface area contributed by atoms with Gasteiger partial charge in [-0.15, -0.1) is 0 Å². The van der Waals surface area contributed by atoms with Crippen LogP contribution in [0.2, 0.25) is 18.1 Å². The fourth-order valence-electron chi connectivity index (χ4n) is 5.10. The minimum atomic E-state index is -1.91. The summed E-state index contributed by atoms with van der Waals surface area (Å²) in [4.78, 5) is 13.4. The number of likely N-dealkylation sites (tertiary alicyclic amines) is 1. The molecule has 212 valence electrons. The van der Waals surface area contributed by atoms with Crippen molar-refractivity contribution in [3.8, 4) is 5.75 Å². The molecule has 2 aromatic rings. The Labute approximate surface area is 234 Å². The Balaban J connectivity index is 1.41. The molecule has 1 aliphatic heterocycles. The zero-order chi connectivity index (χ0) is 28.4. The van der Waals surface area contributed by atoms with Gasteiger partial charge in [-0.2, -0.15) is 0 Å². The third-order valence-electron chi connectivity index (χ3n) is 8.84. The summed E-state index contributed by atoms with van der Waals surface area (Å²) in [5, 5.41) is 9.28. The van der Waals surface area contributed by atoms with Gasteiger partial charge in [-0.1, -0.05) is 44.5 Å². The number of halogens is 1. The number of aryl methyl sites for hydroxylation is 1. The average molecular weight is 554 g/mol. The number of aliphatic carboxylic acids is 1. The van der Waals surface area contributed by atoms with Crippen molar-refractivity contribution in [1.29, 1.82) is 0 Å². The summed E-state index contributed by atoms with van der Waals surface area (Å²) in [7, 11) is -1.91. The van der Waals surface area contributed by atoms with Gasteiger partial charge >= 0.3 is 5.97 Å².